The molecule has 10 heteroatoms. The van der Waals surface area contributed by atoms with Gasteiger partial charge in [-0.2, -0.15) is 0 Å². The van der Waals surface area contributed by atoms with Gasteiger partial charge in [0.2, 0.25) is 5.91 Å². The third kappa shape index (κ3) is 6.63. The number of benzene rings is 1. The first kappa shape index (κ1) is 27.8. The van der Waals surface area contributed by atoms with Gasteiger partial charge in [-0.3, -0.25) is 19.5 Å². The van der Waals surface area contributed by atoms with Crippen molar-refractivity contribution in [1.29, 1.82) is 0 Å². The number of likely N-dealkylation sites (tertiary alicyclic amines) is 1. The predicted octanol–water partition coefficient (Wildman–Crippen LogP) is 4.49. The number of carbonyl (C=O) groups excluding carboxylic acids is 3. The largest absolute Gasteiger partial charge is 0.451 e. The van der Waals surface area contributed by atoms with Crippen molar-refractivity contribution in [3.05, 3.63) is 78.3 Å². The Bertz CT molecular complexity index is 1290. The van der Waals surface area contributed by atoms with Gasteiger partial charge >= 0.3 is 6.09 Å². The number of anilines is 1. The molecule has 0 spiro atoms. The number of amides is 3. The van der Waals surface area contributed by atoms with Gasteiger partial charge < -0.3 is 19.4 Å². The molecule has 4 rings (SSSR count). The molecule has 0 bridgehead atoms. The molecule has 39 heavy (non-hydrogen) atoms. The number of nitrogens with zero attached hydrogens (tertiary/aromatic N) is 4. The van der Waals surface area contributed by atoms with Crippen molar-refractivity contribution in [2.24, 2.45) is 0 Å². The molecule has 0 radical (unpaired) electrons. The third-order valence-electron chi connectivity index (χ3n) is 6.27. The Morgan fingerprint density at radius 2 is 1.77 bits per heavy atom. The maximum Gasteiger partial charge on any atom is 0.410 e. The Labute approximate surface area is 228 Å². The van der Waals surface area contributed by atoms with Crippen LogP contribution in [-0.4, -0.2) is 57.5 Å². The molecule has 1 aliphatic heterocycles. The van der Waals surface area contributed by atoms with Crippen LogP contribution in [0.1, 0.15) is 69.2 Å². The zero-order valence-corrected chi connectivity index (χ0v) is 23.2. The topological polar surface area (TPSA) is 118 Å². The monoisotopic (exact) mass is 533 g/mol. The Hall–Kier alpha value is -4.21. The summed E-state index contributed by atoms with van der Waals surface area (Å²) in [7, 11) is 0. The summed E-state index contributed by atoms with van der Waals surface area (Å²) in [6, 6.07) is 9.64. The van der Waals surface area contributed by atoms with Gasteiger partial charge in [0.1, 0.15) is 17.9 Å². The molecule has 3 amide bonds. The lowest BCUT2D eigenvalue weighted by Gasteiger charge is -2.41. The minimum atomic E-state index is -1.06. The van der Waals surface area contributed by atoms with E-state index in [1.807, 2.05) is 24.3 Å². The molecule has 1 fully saturated rings. The Kier molecular flexibility index (Phi) is 7.76. The fourth-order valence-corrected chi connectivity index (χ4v) is 4.23. The van der Waals surface area contributed by atoms with E-state index in [2.05, 4.69) is 36.1 Å². The molecule has 10 nitrogen and oxygen atoms in total. The van der Waals surface area contributed by atoms with Gasteiger partial charge in [-0.25, -0.2) is 9.78 Å². The van der Waals surface area contributed by atoms with Crippen LogP contribution in [-0.2, 0) is 14.9 Å². The van der Waals surface area contributed by atoms with Crippen LogP contribution in [0.4, 0.5) is 10.5 Å². The first-order valence-corrected chi connectivity index (χ1v) is 12.8. The molecule has 1 unspecified atom stereocenters. The van der Waals surface area contributed by atoms with E-state index >= 15 is 0 Å². The molecule has 3 aromatic rings. The quantitative estimate of drug-likeness (QED) is 0.496. The lowest BCUT2D eigenvalue weighted by atomic mass is 9.87. The molecule has 206 valence electrons. The van der Waals surface area contributed by atoms with Crippen molar-refractivity contribution in [1.82, 2.24) is 20.2 Å². The van der Waals surface area contributed by atoms with Gasteiger partial charge in [-0.1, -0.05) is 39.0 Å². The Balaban J connectivity index is 1.64. The first-order chi connectivity index (χ1) is 18.3. The molecular formula is C29H35N5O5. The number of ether oxygens (including phenoxy) is 1. The molecule has 1 aromatic carbocycles. The van der Waals surface area contributed by atoms with E-state index in [9.17, 15) is 14.4 Å². The highest BCUT2D eigenvalue weighted by atomic mass is 16.6. The minimum Gasteiger partial charge on any atom is -0.451 e. The zero-order chi connectivity index (χ0) is 28.4. The van der Waals surface area contributed by atoms with Gasteiger partial charge in [-0.05, 0) is 49.9 Å². The second-order valence-electron chi connectivity index (χ2n) is 11.6. The molecule has 1 atom stereocenters. The highest BCUT2D eigenvalue weighted by Crippen LogP contribution is 2.32. The van der Waals surface area contributed by atoms with Crippen molar-refractivity contribution >= 4 is 23.6 Å². The zero-order valence-electron chi connectivity index (χ0n) is 23.2. The van der Waals surface area contributed by atoms with Crippen LogP contribution in [0.2, 0.25) is 0 Å². The summed E-state index contributed by atoms with van der Waals surface area (Å²) < 4.78 is 10.5. The summed E-state index contributed by atoms with van der Waals surface area (Å²) in [4.78, 5) is 51.2. The molecule has 0 aliphatic carbocycles. The average Bonchev–Trinajstić information content (AvgIpc) is 3.38. The van der Waals surface area contributed by atoms with Gasteiger partial charge in [0.25, 0.3) is 5.91 Å². The fraction of sp³-hybridized carbons (Fsp3) is 0.414. The van der Waals surface area contributed by atoms with Crippen molar-refractivity contribution in [3.63, 3.8) is 0 Å². The van der Waals surface area contributed by atoms with Crippen LogP contribution in [0.3, 0.4) is 0 Å². The number of nitrogens with one attached hydrogen (secondary N) is 1. The van der Waals surface area contributed by atoms with Crippen LogP contribution >= 0.6 is 0 Å². The van der Waals surface area contributed by atoms with Crippen molar-refractivity contribution in [2.45, 2.75) is 64.6 Å². The van der Waals surface area contributed by atoms with Crippen LogP contribution in [0.15, 0.2) is 65.9 Å². The van der Waals surface area contributed by atoms with Crippen LogP contribution < -0.4 is 10.2 Å². The number of aromatic nitrogens is 2. The van der Waals surface area contributed by atoms with E-state index in [1.54, 1.807) is 45.3 Å². The highest BCUT2D eigenvalue weighted by molar-refractivity contribution is 6.09. The third-order valence-corrected chi connectivity index (χ3v) is 6.27. The SMILES string of the molecule is CC(C)(C)OC(=O)N1CC(NC(=O)C(c2cccnc2)N(C(=O)c2cocn2)c2ccc(C(C)(C)C)cc2)C1. The summed E-state index contributed by atoms with van der Waals surface area (Å²) in [6.07, 6.45) is 5.16. The normalized spacial score (nSPS) is 14.8. The summed E-state index contributed by atoms with van der Waals surface area (Å²) in [6.45, 7) is 12.3. The fourth-order valence-electron chi connectivity index (χ4n) is 4.23. The van der Waals surface area contributed by atoms with Crippen molar-refractivity contribution < 1.29 is 23.5 Å². The summed E-state index contributed by atoms with van der Waals surface area (Å²) in [5.74, 6) is -0.908. The molecule has 1 saturated heterocycles. The smallest absolute Gasteiger partial charge is 0.410 e. The molecule has 1 N–H and O–H groups in total. The number of oxazole rings is 1. The van der Waals surface area contributed by atoms with Crippen molar-refractivity contribution in [3.8, 4) is 0 Å². The highest BCUT2D eigenvalue weighted by Gasteiger charge is 2.39. The van der Waals surface area contributed by atoms with Gasteiger partial charge in [0, 0.05) is 36.7 Å². The minimum absolute atomic E-state index is 0.0660. The number of pyridine rings is 1. The Morgan fingerprint density at radius 3 is 2.31 bits per heavy atom. The van der Waals surface area contributed by atoms with E-state index in [4.69, 9.17) is 9.15 Å². The Morgan fingerprint density at radius 1 is 1.08 bits per heavy atom. The molecule has 0 saturated carbocycles. The number of hydrogen-bond acceptors (Lipinski definition) is 7. The number of rotatable bonds is 6. The van der Waals surface area contributed by atoms with Crippen LogP contribution in [0, 0.1) is 0 Å². The maximum absolute atomic E-state index is 13.9. The second-order valence-corrected chi connectivity index (χ2v) is 11.6. The van der Waals surface area contributed by atoms with E-state index in [1.165, 1.54) is 22.5 Å². The van der Waals surface area contributed by atoms with E-state index in [-0.39, 0.29) is 17.2 Å². The molecule has 1 aliphatic rings. The maximum atomic E-state index is 13.9. The van der Waals surface area contributed by atoms with Crippen molar-refractivity contribution in [2.75, 3.05) is 18.0 Å². The van der Waals surface area contributed by atoms with E-state index in [0.29, 0.717) is 24.3 Å². The predicted molar refractivity (Wildman–Crippen MR) is 145 cm³/mol. The molecule has 2 aromatic heterocycles. The second kappa shape index (κ2) is 10.9. The van der Waals surface area contributed by atoms with Crippen LogP contribution in [0.25, 0.3) is 0 Å². The summed E-state index contributed by atoms with van der Waals surface area (Å²) in [5, 5.41) is 2.99. The summed E-state index contributed by atoms with van der Waals surface area (Å²) in [5.41, 5.74) is 1.49. The average molecular weight is 534 g/mol. The standard InChI is InChI=1S/C29H35N5O5/c1-28(2,3)20-9-11-22(12-10-20)34(26(36)23-17-38-18-31-23)24(19-8-7-13-30-14-19)25(35)32-21-15-33(16-21)27(37)39-29(4,5)6/h7-14,17-18,21,24H,15-16H2,1-6H3,(H,32,35). The first-order valence-electron chi connectivity index (χ1n) is 12.8. The van der Waals surface area contributed by atoms with Gasteiger partial charge in [0.05, 0.1) is 6.04 Å². The van der Waals surface area contributed by atoms with E-state index < -0.39 is 29.6 Å². The lowest BCUT2D eigenvalue weighted by molar-refractivity contribution is -0.124. The molecular weight excluding hydrogens is 498 g/mol. The summed E-state index contributed by atoms with van der Waals surface area (Å²) >= 11 is 0. The van der Waals surface area contributed by atoms with Gasteiger partial charge in [-0.15, -0.1) is 0 Å². The van der Waals surface area contributed by atoms with E-state index in [0.717, 1.165) is 5.56 Å². The van der Waals surface area contributed by atoms with Crippen LogP contribution in [0.5, 0.6) is 0 Å². The number of carbonyl (C=O) groups is 3. The molecule has 3 heterocycles. The number of hydrogen-bond donors (Lipinski definition) is 1. The van der Waals surface area contributed by atoms with Gasteiger partial charge in [0.15, 0.2) is 12.1 Å². The lowest BCUT2D eigenvalue weighted by Crippen LogP contribution is -2.62.